The van der Waals surface area contributed by atoms with Crippen molar-refractivity contribution in [1.82, 2.24) is 14.6 Å². The van der Waals surface area contributed by atoms with Crippen LogP contribution < -0.4 is 0 Å². The lowest BCUT2D eigenvalue weighted by molar-refractivity contribution is 1.01. The molecule has 0 aliphatic heterocycles. The van der Waals surface area contributed by atoms with Gasteiger partial charge in [0.1, 0.15) is 5.82 Å². The smallest absolute Gasteiger partial charge is 0.163 e. The molecule has 0 bridgehead atoms. The summed E-state index contributed by atoms with van der Waals surface area (Å²) in [5.74, 6) is 0.934. The second-order valence-electron chi connectivity index (χ2n) is 2.63. The number of pyridine rings is 1. The van der Waals surface area contributed by atoms with Crippen molar-refractivity contribution < 1.29 is 0 Å². The monoisotopic (exact) mass is 147 g/mol. The van der Waals surface area contributed by atoms with E-state index in [2.05, 4.69) is 10.2 Å². The molecule has 0 aromatic carbocycles. The van der Waals surface area contributed by atoms with Crippen LogP contribution in [0.1, 0.15) is 11.4 Å². The van der Waals surface area contributed by atoms with E-state index in [9.17, 15) is 0 Å². The molecule has 2 rings (SSSR count). The molecule has 3 heteroatoms. The summed E-state index contributed by atoms with van der Waals surface area (Å²) in [5.41, 5.74) is 2.11. The number of hydrogen-bond donors (Lipinski definition) is 0. The van der Waals surface area contributed by atoms with Crippen molar-refractivity contribution in [3.8, 4) is 0 Å². The number of hydrogen-bond acceptors (Lipinski definition) is 2. The summed E-state index contributed by atoms with van der Waals surface area (Å²) >= 11 is 0. The Morgan fingerprint density at radius 3 is 2.82 bits per heavy atom. The molecule has 0 amide bonds. The van der Waals surface area contributed by atoms with Crippen molar-refractivity contribution in [2.75, 3.05) is 0 Å². The van der Waals surface area contributed by atoms with Gasteiger partial charge in [-0.25, -0.2) is 0 Å². The molecular weight excluding hydrogens is 138 g/mol. The van der Waals surface area contributed by atoms with Crippen molar-refractivity contribution in [2.45, 2.75) is 13.8 Å². The van der Waals surface area contributed by atoms with Gasteiger partial charge in [-0.2, -0.15) is 0 Å². The highest BCUT2D eigenvalue weighted by atomic mass is 15.2. The Bertz CT molecular complexity index is 389. The number of rotatable bonds is 0. The van der Waals surface area contributed by atoms with Gasteiger partial charge in [0.25, 0.3) is 0 Å². The molecule has 0 N–H and O–H groups in total. The summed E-state index contributed by atoms with van der Waals surface area (Å²) in [5, 5.41) is 8.00. The van der Waals surface area contributed by atoms with Gasteiger partial charge in [0, 0.05) is 6.20 Å². The molecular formula is C8H9N3. The summed E-state index contributed by atoms with van der Waals surface area (Å²) in [6, 6.07) is 4.03. The molecule has 0 atom stereocenters. The van der Waals surface area contributed by atoms with Gasteiger partial charge in [-0.1, -0.05) is 6.07 Å². The van der Waals surface area contributed by atoms with E-state index >= 15 is 0 Å². The fourth-order valence-corrected chi connectivity index (χ4v) is 1.16. The van der Waals surface area contributed by atoms with Crippen molar-refractivity contribution in [3.63, 3.8) is 0 Å². The quantitative estimate of drug-likeness (QED) is 0.563. The van der Waals surface area contributed by atoms with Crippen molar-refractivity contribution >= 4 is 5.65 Å². The number of aromatic nitrogens is 3. The Labute approximate surface area is 64.7 Å². The Kier molecular flexibility index (Phi) is 1.18. The van der Waals surface area contributed by atoms with Crippen LogP contribution in [0, 0.1) is 13.8 Å². The zero-order valence-electron chi connectivity index (χ0n) is 6.57. The first kappa shape index (κ1) is 6.34. The van der Waals surface area contributed by atoms with E-state index in [1.807, 2.05) is 36.6 Å². The summed E-state index contributed by atoms with van der Waals surface area (Å²) in [6.45, 7) is 3.98. The Balaban J connectivity index is 2.94. The minimum Gasteiger partial charge on any atom is -0.286 e. The van der Waals surface area contributed by atoms with Crippen molar-refractivity contribution in [2.24, 2.45) is 0 Å². The molecule has 0 saturated carbocycles. The van der Waals surface area contributed by atoms with Crippen LogP contribution in [0.25, 0.3) is 5.65 Å². The molecule has 0 aliphatic carbocycles. The zero-order chi connectivity index (χ0) is 7.84. The van der Waals surface area contributed by atoms with Gasteiger partial charge >= 0.3 is 0 Å². The molecule has 2 aromatic heterocycles. The summed E-state index contributed by atoms with van der Waals surface area (Å²) in [7, 11) is 0. The predicted molar refractivity (Wildman–Crippen MR) is 42.5 cm³/mol. The molecule has 0 saturated heterocycles. The minimum absolute atomic E-state index is 0.934. The van der Waals surface area contributed by atoms with Gasteiger partial charge < -0.3 is 0 Å². The van der Waals surface area contributed by atoms with Crippen molar-refractivity contribution in [1.29, 1.82) is 0 Å². The van der Waals surface area contributed by atoms with Crippen LogP contribution in [0.4, 0.5) is 0 Å². The van der Waals surface area contributed by atoms with Crippen LogP contribution in [-0.4, -0.2) is 14.6 Å². The van der Waals surface area contributed by atoms with Gasteiger partial charge in [0.05, 0.1) is 0 Å². The van der Waals surface area contributed by atoms with E-state index in [-0.39, 0.29) is 0 Å². The highest BCUT2D eigenvalue weighted by Gasteiger charge is 2.00. The maximum absolute atomic E-state index is 4.03. The summed E-state index contributed by atoms with van der Waals surface area (Å²) < 4.78 is 1.98. The fraction of sp³-hybridized carbons (Fsp3) is 0.250. The van der Waals surface area contributed by atoms with E-state index in [0.717, 1.165) is 17.0 Å². The largest absolute Gasteiger partial charge is 0.286 e. The average molecular weight is 147 g/mol. The second kappa shape index (κ2) is 2.05. The summed E-state index contributed by atoms with van der Waals surface area (Å²) in [4.78, 5) is 0. The second-order valence-corrected chi connectivity index (χ2v) is 2.63. The lowest BCUT2D eigenvalue weighted by Gasteiger charge is -1.94. The van der Waals surface area contributed by atoms with Gasteiger partial charge in [0.15, 0.2) is 5.65 Å². The predicted octanol–water partition coefficient (Wildman–Crippen LogP) is 1.35. The van der Waals surface area contributed by atoms with Gasteiger partial charge in [0.2, 0.25) is 0 Å². The van der Waals surface area contributed by atoms with Crippen LogP contribution >= 0.6 is 0 Å². The topological polar surface area (TPSA) is 30.2 Å². The minimum atomic E-state index is 0.934. The van der Waals surface area contributed by atoms with Gasteiger partial charge in [-0.15, -0.1) is 10.2 Å². The normalized spacial score (nSPS) is 10.7. The summed E-state index contributed by atoms with van der Waals surface area (Å²) in [6.07, 6.45) is 1.97. The maximum atomic E-state index is 4.03. The van der Waals surface area contributed by atoms with E-state index in [1.54, 1.807) is 0 Å². The molecule has 0 spiro atoms. The fourth-order valence-electron chi connectivity index (χ4n) is 1.16. The number of fused-ring (bicyclic) bond motifs is 1. The first-order chi connectivity index (χ1) is 5.29. The molecule has 0 unspecified atom stereocenters. The van der Waals surface area contributed by atoms with Crippen LogP contribution in [0.2, 0.25) is 0 Å². The first-order valence-corrected chi connectivity index (χ1v) is 3.56. The molecule has 2 heterocycles. The Morgan fingerprint density at radius 1 is 1.27 bits per heavy atom. The molecule has 3 nitrogen and oxygen atoms in total. The van der Waals surface area contributed by atoms with Gasteiger partial charge in [-0.05, 0) is 25.5 Å². The number of nitrogens with zero attached hydrogens (tertiary/aromatic N) is 3. The average Bonchev–Trinajstić information content (AvgIpc) is 2.35. The van der Waals surface area contributed by atoms with Crippen LogP contribution in [-0.2, 0) is 0 Å². The third-order valence-corrected chi connectivity index (χ3v) is 1.80. The lowest BCUT2D eigenvalue weighted by Crippen LogP contribution is -1.88. The molecule has 0 radical (unpaired) electrons. The van der Waals surface area contributed by atoms with Gasteiger partial charge in [-0.3, -0.25) is 4.40 Å². The highest BCUT2D eigenvalue weighted by Crippen LogP contribution is 2.06. The first-order valence-electron chi connectivity index (χ1n) is 3.56. The SMILES string of the molecule is Cc1cccn2c(C)nnc12. The van der Waals surface area contributed by atoms with Crippen LogP contribution in [0.3, 0.4) is 0 Å². The standard InChI is InChI=1S/C8H9N3/c1-6-4-3-5-11-7(2)9-10-8(6)11/h3-5H,1-2H3. The van der Waals surface area contributed by atoms with E-state index in [1.165, 1.54) is 0 Å². The number of aryl methyl sites for hydroxylation is 2. The van der Waals surface area contributed by atoms with E-state index in [0.29, 0.717) is 0 Å². The third-order valence-electron chi connectivity index (χ3n) is 1.80. The molecule has 0 aliphatic rings. The lowest BCUT2D eigenvalue weighted by atomic mass is 10.3. The molecule has 0 fully saturated rings. The molecule has 2 aromatic rings. The Morgan fingerprint density at radius 2 is 2.09 bits per heavy atom. The zero-order valence-corrected chi connectivity index (χ0v) is 6.57. The van der Waals surface area contributed by atoms with E-state index < -0.39 is 0 Å². The maximum Gasteiger partial charge on any atom is 0.163 e. The van der Waals surface area contributed by atoms with Crippen LogP contribution in [0.15, 0.2) is 18.3 Å². The third kappa shape index (κ3) is 0.808. The highest BCUT2D eigenvalue weighted by molar-refractivity contribution is 5.45. The molecule has 56 valence electrons. The van der Waals surface area contributed by atoms with Crippen molar-refractivity contribution in [3.05, 3.63) is 29.7 Å². The Hall–Kier alpha value is -1.38. The molecule has 11 heavy (non-hydrogen) atoms. The van der Waals surface area contributed by atoms with Crippen LogP contribution in [0.5, 0.6) is 0 Å². The van der Waals surface area contributed by atoms with E-state index in [4.69, 9.17) is 0 Å².